The number of pyridine rings is 1. The van der Waals surface area contributed by atoms with Crippen molar-refractivity contribution in [2.24, 2.45) is 0 Å². The van der Waals surface area contributed by atoms with Gasteiger partial charge in [-0.05, 0) is 68.5 Å². The van der Waals surface area contributed by atoms with Crippen molar-refractivity contribution in [3.05, 3.63) is 149 Å². The van der Waals surface area contributed by atoms with E-state index in [-0.39, 0.29) is 37.6 Å². The summed E-state index contributed by atoms with van der Waals surface area (Å²) in [7, 11) is 0. The Kier molecular flexibility index (Phi) is 8.26. The third-order valence-corrected chi connectivity index (χ3v) is 9.12. The van der Waals surface area contributed by atoms with Gasteiger partial charge in [0, 0.05) is 26.6 Å². The molecule has 6 heteroatoms. The van der Waals surface area contributed by atoms with E-state index in [4.69, 9.17) is 4.98 Å². The Labute approximate surface area is 291 Å². The zero-order valence-corrected chi connectivity index (χ0v) is 29.7. The van der Waals surface area contributed by atoms with E-state index in [0.29, 0.717) is 17.1 Å². The van der Waals surface area contributed by atoms with Crippen molar-refractivity contribution in [1.82, 2.24) is 19.9 Å². The standard InChI is InChI=1S/C41H37N4O.Pt/c1-39(2,3)27-17-19-30-31-20-18-28(40(4,5)6)23-34(31)41(33(30)22-27,29-12-9-11-26(21-29)38-43-24-42-25-44-38)37-16-10-14-35(45-37)32-13-7-8-15-36(32)46;/h7-20,22-25,46H,1-6H3;/q-1;. The van der Waals surface area contributed by atoms with Crippen LogP contribution in [0.4, 0.5) is 0 Å². The first-order chi connectivity index (χ1) is 22.0. The van der Waals surface area contributed by atoms with Gasteiger partial charge in [0.05, 0.1) is 22.6 Å². The minimum Gasteiger partial charge on any atom is -0.507 e. The molecule has 2 aromatic heterocycles. The average Bonchev–Trinajstić information content (AvgIpc) is 3.35. The van der Waals surface area contributed by atoms with Gasteiger partial charge in [0.2, 0.25) is 0 Å². The number of nitrogens with zero attached hydrogens (tertiary/aromatic N) is 4. The van der Waals surface area contributed by atoms with Gasteiger partial charge in [0.25, 0.3) is 0 Å². The molecule has 0 saturated carbocycles. The first-order valence-electron chi connectivity index (χ1n) is 15.7. The maximum Gasteiger partial charge on any atom is 0.124 e. The number of rotatable bonds is 4. The number of benzene rings is 4. The smallest absolute Gasteiger partial charge is 0.124 e. The molecule has 238 valence electrons. The zero-order chi connectivity index (χ0) is 32.3. The van der Waals surface area contributed by atoms with Gasteiger partial charge in [-0.1, -0.05) is 96.1 Å². The third kappa shape index (κ3) is 5.51. The van der Waals surface area contributed by atoms with E-state index in [1.807, 2.05) is 36.4 Å². The second-order valence-electron chi connectivity index (χ2n) is 14.1. The molecular formula is C41H37N4OPt-. The maximum absolute atomic E-state index is 10.9. The van der Waals surface area contributed by atoms with E-state index in [2.05, 4.69) is 117 Å². The van der Waals surface area contributed by atoms with E-state index < -0.39 is 5.41 Å². The fourth-order valence-electron chi connectivity index (χ4n) is 6.64. The van der Waals surface area contributed by atoms with Crippen LogP contribution in [0.25, 0.3) is 33.8 Å². The van der Waals surface area contributed by atoms with E-state index in [9.17, 15) is 5.11 Å². The monoisotopic (exact) mass is 796 g/mol. The van der Waals surface area contributed by atoms with Gasteiger partial charge in [-0.15, -0.1) is 35.4 Å². The minimum absolute atomic E-state index is 0. The second kappa shape index (κ2) is 12.0. The second-order valence-corrected chi connectivity index (χ2v) is 14.1. The molecule has 7 rings (SSSR count). The van der Waals surface area contributed by atoms with E-state index in [1.165, 1.54) is 34.9 Å². The number of fused-ring (bicyclic) bond motifs is 3. The molecule has 1 aliphatic rings. The summed E-state index contributed by atoms with van der Waals surface area (Å²) in [5.41, 5.74) is 10.2. The van der Waals surface area contributed by atoms with Gasteiger partial charge in [-0.3, -0.25) is 15.0 Å². The van der Waals surface area contributed by atoms with Crippen molar-refractivity contribution < 1.29 is 26.2 Å². The quantitative estimate of drug-likeness (QED) is 0.180. The number of hydrogen-bond acceptors (Lipinski definition) is 5. The number of phenols is 1. The van der Waals surface area contributed by atoms with Crippen LogP contribution in [0.3, 0.4) is 0 Å². The summed E-state index contributed by atoms with van der Waals surface area (Å²) in [6, 6.07) is 37.2. The first kappa shape index (κ1) is 32.5. The van der Waals surface area contributed by atoms with Crippen molar-refractivity contribution in [3.63, 3.8) is 0 Å². The van der Waals surface area contributed by atoms with Gasteiger partial charge in [0.1, 0.15) is 18.4 Å². The molecule has 1 N–H and O–H groups in total. The van der Waals surface area contributed by atoms with Gasteiger partial charge in [0.15, 0.2) is 0 Å². The van der Waals surface area contributed by atoms with Crippen LogP contribution in [-0.4, -0.2) is 25.0 Å². The average molecular weight is 797 g/mol. The van der Waals surface area contributed by atoms with E-state index >= 15 is 0 Å². The van der Waals surface area contributed by atoms with Crippen LogP contribution < -0.4 is 0 Å². The van der Waals surface area contributed by atoms with Crippen molar-refractivity contribution >= 4 is 0 Å². The van der Waals surface area contributed by atoms with Crippen molar-refractivity contribution in [1.29, 1.82) is 0 Å². The maximum atomic E-state index is 10.9. The first-order valence-corrected chi connectivity index (χ1v) is 15.7. The molecule has 0 fully saturated rings. The normalized spacial score (nSPS) is 13.4. The summed E-state index contributed by atoms with van der Waals surface area (Å²) in [6.45, 7) is 13.5. The summed E-state index contributed by atoms with van der Waals surface area (Å²) < 4.78 is 0. The Balaban J connectivity index is 0.00000386. The van der Waals surface area contributed by atoms with Crippen LogP contribution in [0, 0.1) is 6.07 Å². The Morgan fingerprint density at radius 1 is 0.638 bits per heavy atom. The Morgan fingerprint density at radius 2 is 1.23 bits per heavy atom. The van der Waals surface area contributed by atoms with Crippen molar-refractivity contribution in [2.75, 3.05) is 0 Å². The minimum atomic E-state index is -0.823. The molecule has 1 aliphatic carbocycles. The van der Waals surface area contributed by atoms with Gasteiger partial charge >= 0.3 is 0 Å². The van der Waals surface area contributed by atoms with Crippen LogP contribution in [0.2, 0.25) is 0 Å². The molecule has 0 saturated heterocycles. The van der Waals surface area contributed by atoms with Crippen molar-refractivity contribution in [2.45, 2.75) is 57.8 Å². The molecule has 2 heterocycles. The summed E-state index contributed by atoms with van der Waals surface area (Å²) in [4.78, 5) is 18.4. The van der Waals surface area contributed by atoms with E-state index in [0.717, 1.165) is 27.9 Å². The van der Waals surface area contributed by atoms with Gasteiger partial charge in [-0.25, -0.2) is 4.98 Å². The number of phenolic OH excluding ortho intramolecular Hbond substituents is 1. The molecule has 5 nitrogen and oxygen atoms in total. The fraction of sp³-hybridized carbons (Fsp3) is 0.220. The fourth-order valence-corrected chi connectivity index (χ4v) is 6.64. The Morgan fingerprint density at radius 3 is 1.83 bits per heavy atom. The zero-order valence-electron chi connectivity index (χ0n) is 27.4. The third-order valence-electron chi connectivity index (χ3n) is 9.12. The topological polar surface area (TPSA) is 71.8 Å². The molecule has 0 spiro atoms. The molecular weight excluding hydrogens is 760 g/mol. The van der Waals surface area contributed by atoms with Crippen LogP contribution in [0.5, 0.6) is 5.75 Å². The van der Waals surface area contributed by atoms with E-state index in [1.54, 1.807) is 6.07 Å². The molecule has 0 atom stereocenters. The molecule has 0 aliphatic heterocycles. The predicted molar refractivity (Wildman–Crippen MR) is 184 cm³/mol. The van der Waals surface area contributed by atoms with Crippen LogP contribution in [-0.2, 0) is 37.3 Å². The molecule has 0 bridgehead atoms. The summed E-state index contributed by atoms with van der Waals surface area (Å²) in [5.74, 6) is 0.759. The van der Waals surface area contributed by atoms with Gasteiger partial charge < -0.3 is 5.11 Å². The number of para-hydroxylation sites is 1. The largest absolute Gasteiger partial charge is 0.507 e. The Bertz CT molecular complexity index is 2030. The predicted octanol–water partition coefficient (Wildman–Crippen LogP) is 9.06. The van der Waals surface area contributed by atoms with Gasteiger partial charge in [-0.2, -0.15) is 0 Å². The van der Waals surface area contributed by atoms with Crippen molar-refractivity contribution in [3.8, 4) is 39.5 Å². The molecule has 0 amide bonds. The summed E-state index contributed by atoms with van der Waals surface area (Å²) >= 11 is 0. The molecule has 4 aromatic carbocycles. The number of aromatic hydroxyl groups is 1. The van der Waals surface area contributed by atoms with Crippen LogP contribution >= 0.6 is 0 Å². The molecule has 0 radical (unpaired) electrons. The van der Waals surface area contributed by atoms with Crippen LogP contribution in [0.1, 0.15) is 75.1 Å². The molecule has 0 unspecified atom stereocenters. The number of aromatic nitrogens is 4. The number of hydrogen-bond donors (Lipinski definition) is 1. The Hall–Kier alpha value is -4.47. The van der Waals surface area contributed by atoms with Crippen LogP contribution in [0.15, 0.2) is 110 Å². The summed E-state index contributed by atoms with van der Waals surface area (Å²) in [6.07, 6.45) is 3.03. The molecule has 47 heavy (non-hydrogen) atoms. The SMILES string of the molecule is CC(C)(C)c1ccc2c(c1)C(c1[c-]c(-c3ncncn3)ccc1)(c1cccc(-c3ccccc3O)n1)c1cc(C(C)(C)C)ccc1-2.[Pt]. The molecule has 6 aromatic rings. The summed E-state index contributed by atoms with van der Waals surface area (Å²) in [5, 5.41) is 10.9.